The molecule has 0 nitrogen and oxygen atoms in total. The summed E-state index contributed by atoms with van der Waals surface area (Å²) in [7, 11) is 0. The molecule has 0 bridgehead atoms. The summed E-state index contributed by atoms with van der Waals surface area (Å²) in [4.78, 5) is 0. The Hall–Kier alpha value is -4.62. The minimum atomic E-state index is 0.125. The highest BCUT2D eigenvalue weighted by molar-refractivity contribution is 6.97. The van der Waals surface area contributed by atoms with Gasteiger partial charge in [-0.2, -0.15) is 0 Å². The first-order valence-electron chi connectivity index (χ1n) is 15.3. The minimum absolute atomic E-state index is 0.125. The van der Waals surface area contributed by atoms with Gasteiger partial charge in [0, 0.05) is 0 Å². The van der Waals surface area contributed by atoms with E-state index in [1.807, 2.05) is 0 Å². The summed E-state index contributed by atoms with van der Waals surface area (Å²) >= 11 is 0. The molecule has 0 amide bonds. The Morgan fingerprint density at radius 1 is 0.279 bits per heavy atom. The van der Waals surface area contributed by atoms with E-state index in [2.05, 4.69) is 169 Å². The molecule has 0 saturated heterocycles. The van der Waals surface area contributed by atoms with Crippen LogP contribution in [0, 0.1) is 41.5 Å². The van der Waals surface area contributed by atoms with E-state index in [4.69, 9.17) is 0 Å². The van der Waals surface area contributed by atoms with Gasteiger partial charge in [-0.15, -0.1) is 0 Å². The maximum absolute atomic E-state index is 2.39. The fraction of sp³-hybridized carbons (Fsp3) is 0.143. The van der Waals surface area contributed by atoms with Crippen molar-refractivity contribution in [3.63, 3.8) is 0 Å². The average Bonchev–Trinajstić information content (AvgIpc) is 3.01. The van der Waals surface area contributed by atoms with E-state index in [9.17, 15) is 0 Å². The third kappa shape index (κ3) is 5.61. The fourth-order valence-corrected chi connectivity index (χ4v) is 7.11. The zero-order chi connectivity index (χ0) is 30.1. The molecule has 210 valence electrons. The lowest BCUT2D eigenvalue weighted by molar-refractivity contribution is 1.38. The van der Waals surface area contributed by atoms with Gasteiger partial charge in [0.1, 0.15) is 0 Å². The number of benzene rings is 6. The molecular weight excluding hydrogens is 515 g/mol. The molecule has 6 rings (SSSR count). The van der Waals surface area contributed by atoms with Crippen LogP contribution in [0.2, 0.25) is 0 Å². The number of hydrogen-bond donors (Lipinski definition) is 0. The van der Waals surface area contributed by atoms with Gasteiger partial charge in [-0.25, -0.2) is 0 Å². The van der Waals surface area contributed by atoms with Crippen molar-refractivity contribution < 1.29 is 0 Å². The Morgan fingerprint density at radius 3 is 0.698 bits per heavy atom. The predicted octanol–water partition coefficient (Wildman–Crippen LogP) is 9.05. The molecule has 0 aromatic heterocycles. The molecule has 0 fully saturated rings. The van der Waals surface area contributed by atoms with Gasteiger partial charge in [0.05, 0.1) is 0 Å². The van der Waals surface area contributed by atoms with E-state index >= 15 is 0 Å². The highest BCUT2D eigenvalue weighted by Crippen LogP contribution is 2.26. The maximum atomic E-state index is 2.39. The van der Waals surface area contributed by atoms with Crippen molar-refractivity contribution >= 4 is 23.1 Å². The number of hydrogen-bond acceptors (Lipinski definition) is 0. The lowest BCUT2D eigenvalue weighted by Crippen LogP contribution is -2.57. The standard InChI is InChI=1S/C42H39B/c1-28-22-37(34-16-10-7-11-17-34)23-29(2)40(28)43(41-30(3)24-38(25-31(41)4)35-18-12-8-13-19-35)42-32(5)26-39(27-33(42)6)36-20-14-9-15-21-36/h7-27H,1-6H3. The van der Waals surface area contributed by atoms with Crippen LogP contribution in [-0.4, -0.2) is 6.71 Å². The van der Waals surface area contributed by atoms with E-state index in [1.54, 1.807) is 0 Å². The van der Waals surface area contributed by atoms with Crippen molar-refractivity contribution in [3.8, 4) is 33.4 Å². The maximum Gasteiger partial charge on any atom is 0.243 e. The summed E-state index contributed by atoms with van der Waals surface area (Å²) < 4.78 is 0. The zero-order valence-electron chi connectivity index (χ0n) is 26.2. The van der Waals surface area contributed by atoms with Crippen LogP contribution in [0.15, 0.2) is 127 Å². The van der Waals surface area contributed by atoms with Gasteiger partial charge in [-0.05, 0) is 74.9 Å². The van der Waals surface area contributed by atoms with Crippen molar-refractivity contribution in [2.75, 3.05) is 0 Å². The van der Waals surface area contributed by atoms with Crippen LogP contribution < -0.4 is 16.4 Å². The van der Waals surface area contributed by atoms with Crippen LogP contribution in [0.25, 0.3) is 33.4 Å². The third-order valence-electron chi connectivity index (χ3n) is 8.97. The first-order valence-corrected chi connectivity index (χ1v) is 15.3. The second-order valence-corrected chi connectivity index (χ2v) is 12.1. The Kier molecular flexibility index (Phi) is 7.91. The molecule has 0 saturated carbocycles. The van der Waals surface area contributed by atoms with Gasteiger partial charge in [0.25, 0.3) is 0 Å². The monoisotopic (exact) mass is 554 g/mol. The van der Waals surface area contributed by atoms with Crippen LogP contribution in [-0.2, 0) is 0 Å². The Morgan fingerprint density at radius 2 is 0.488 bits per heavy atom. The van der Waals surface area contributed by atoms with Crippen LogP contribution in [0.1, 0.15) is 33.4 Å². The third-order valence-corrected chi connectivity index (χ3v) is 8.97. The van der Waals surface area contributed by atoms with Crippen molar-refractivity contribution in [2.45, 2.75) is 41.5 Å². The summed E-state index contributed by atoms with van der Waals surface area (Å²) in [5.41, 5.74) is 19.9. The van der Waals surface area contributed by atoms with Gasteiger partial charge in [0.15, 0.2) is 0 Å². The normalized spacial score (nSPS) is 11.0. The van der Waals surface area contributed by atoms with Gasteiger partial charge < -0.3 is 0 Å². The summed E-state index contributed by atoms with van der Waals surface area (Å²) in [5.74, 6) is 0. The molecule has 6 aromatic rings. The van der Waals surface area contributed by atoms with E-state index in [-0.39, 0.29) is 6.71 Å². The molecule has 0 unspecified atom stereocenters. The molecule has 0 atom stereocenters. The van der Waals surface area contributed by atoms with Crippen LogP contribution in [0.5, 0.6) is 0 Å². The molecule has 0 heterocycles. The lowest BCUT2D eigenvalue weighted by atomic mass is 9.33. The van der Waals surface area contributed by atoms with Gasteiger partial charge in [0.2, 0.25) is 6.71 Å². The number of aryl methyl sites for hydroxylation is 6. The Balaban J connectivity index is 1.59. The molecule has 0 aliphatic rings. The summed E-state index contributed by atoms with van der Waals surface area (Å²) in [6, 6.07) is 46.6. The molecule has 0 spiro atoms. The highest BCUT2D eigenvalue weighted by atomic mass is 14.2. The van der Waals surface area contributed by atoms with Gasteiger partial charge >= 0.3 is 0 Å². The van der Waals surface area contributed by atoms with Crippen molar-refractivity contribution in [3.05, 3.63) is 161 Å². The molecular formula is C42H39B. The highest BCUT2D eigenvalue weighted by Gasteiger charge is 2.31. The van der Waals surface area contributed by atoms with Crippen LogP contribution >= 0.6 is 0 Å². The van der Waals surface area contributed by atoms with E-state index in [0.717, 1.165) is 0 Å². The molecule has 1 heteroatoms. The van der Waals surface area contributed by atoms with E-state index < -0.39 is 0 Å². The molecule has 43 heavy (non-hydrogen) atoms. The lowest BCUT2D eigenvalue weighted by Gasteiger charge is -2.28. The smallest absolute Gasteiger partial charge is 0.0629 e. The first-order chi connectivity index (χ1) is 20.8. The number of rotatable bonds is 6. The van der Waals surface area contributed by atoms with Crippen molar-refractivity contribution in [1.82, 2.24) is 0 Å². The van der Waals surface area contributed by atoms with Crippen LogP contribution in [0.3, 0.4) is 0 Å². The molecule has 0 radical (unpaired) electrons. The topological polar surface area (TPSA) is 0 Å². The molecule has 0 aliphatic carbocycles. The first kappa shape index (κ1) is 28.5. The fourth-order valence-electron chi connectivity index (χ4n) is 7.11. The van der Waals surface area contributed by atoms with Crippen molar-refractivity contribution in [2.24, 2.45) is 0 Å². The van der Waals surface area contributed by atoms with Gasteiger partial charge in [-0.1, -0.05) is 177 Å². The predicted molar refractivity (Wildman–Crippen MR) is 189 cm³/mol. The second-order valence-electron chi connectivity index (χ2n) is 12.1. The summed E-state index contributed by atoms with van der Waals surface area (Å²) in [6.07, 6.45) is 0. The molecule has 0 aliphatic heterocycles. The van der Waals surface area contributed by atoms with E-state index in [1.165, 1.54) is 83.1 Å². The van der Waals surface area contributed by atoms with Crippen LogP contribution in [0.4, 0.5) is 0 Å². The Bertz CT molecular complexity index is 1610. The minimum Gasteiger partial charge on any atom is -0.0629 e. The molecule has 0 N–H and O–H groups in total. The van der Waals surface area contributed by atoms with Crippen molar-refractivity contribution in [1.29, 1.82) is 0 Å². The van der Waals surface area contributed by atoms with E-state index in [0.29, 0.717) is 0 Å². The second kappa shape index (κ2) is 11.9. The summed E-state index contributed by atoms with van der Waals surface area (Å²) in [5, 5.41) is 0. The largest absolute Gasteiger partial charge is 0.243 e. The summed E-state index contributed by atoms with van der Waals surface area (Å²) in [6.45, 7) is 13.9. The average molecular weight is 555 g/mol. The quantitative estimate of drug-likeness (QED) is 0.180. The SMILES string of the molecule is Cc1cc(-c2ccccc2)cc(C)c1B(c1c(C)cc(-c2ccccc2)cc1C)c1c(C)cc(-c2ccccc2)cc1C. The Labute approximate surface area is 258 Å². The van der Waals surface area contributed by atoms with Gasteiger partial charge in [-0.3, -0.25) is 0 Å². The zero-order valence-corrected chi connectivity index (χ0v) is 26.2. The molecule has 6 aromatic carbocycles.